The minimum atomic E-state index is -0.0813. The van der Waals surface area contributed by atoms with E-state index >= 15 is 0 Å². The van der Waals surface area contributed by atoms with Gasteiger partial charge in [-0.25, -0.2) is 0 Å². The molecule has 0 unspecified atom stereocenters. The number of carbonyl (C=O) groups excluding carboxylic acids is 1. The van der Waals surface area contributed by atoms with Crippen LogP contribution in [0.2, 0.25) is 5.02 Å². The fourth-order valence-electron chi connectivity index (χ4n) is 5.29. The second-order valence-corrected chi connectivity index (χ2v) is 10.2. The van der Waals surface area contributed by atoms with Crippen molar-refractivity contribution in [2.45, 2.75) is 25.2 Å². The molecule has 4 rings (SSSR count). The number of ether oxygens (including phenoxy) is 3. The monoisotopic (exact) mass is 536 g/mol. The van der Waals surface area contributed by atoms with Crippen LogP contribution in [-0.4, -0.2) is 58.3 Å². The van der Waals surface area contributed by atoms with Gasteiger partial charge in [-0.2, -0.15) is 0 Å². The predicted octanol–water partition coefficient (Wildman–Crippen LogP) is 5.83. The van der Waals surface area contributed by atoms with E-state index in [1.807, 2.05) is 18.2 Å². The Morgan fingerprint density at radius 3 is 2.45 bits per heavy atom. The Balaban J connectivity index is 1.36. The third-order valence-electron chi connectivity index (χ3n) is 7.35. The zero-order valence-corrected chi connectivity index (χ0v) is 23.2. The Labute approximate surface area is 230 Å². The molecule has 1 heterocycles. The van der Waals surface area contributed by atoms with Crippen molar-refractivity contribution in [1.29, 1.82) is 0 Å². The fraction of sp³-hybridized carbons (Fsp3) is 0.387. The van der Waals surface area contributed by atoms with Crippen LogP contribution in [0.15, 0.2) is 66.7 Å². The van der Waals surface area contributed by atoms with Crippen LogP contribution in [0.3, 0.4) is 0 Å². The fourth-order valence-corrected chi connectivity index (χ4v) is 5.48. The van der Waals surface area contributed by atoms with E-state index in [1.54, 1.807) is 45.6 Å². The highest BCUT2D eigenvalue weighted by Gasteiger charge is 2.33. The Kier molecular flexibility index (Phi) is 9.91. The Hall–Kier alpha value is -3.22. The van der Waals surface area contributed by atoms with Gasteiger partial charge >= 0.3 is 0 Å². The van der Waals surface area contributed by atoms with Gasteiger partial charge in [0.1, 0.15) is 5.75 Å². The highest BCUT2D eigenvalue weighted by atomic mass is 35.5. The molecule has 0 radical (unpaired) electrons. The number of hydrogen-bond acceptors (Lipinski definition) is 5. The lowest BCUT2D eigenvalue weighted by atomic mass is 9.86. The van der Waals surface area contributed by atoms with Crippen molar-refractivity contribution in [2.75, 3.05) is 47.5 Å². The van der Waals surface area contributed by atoms with Gasteiger partial charge in [0.15, 0.2) is 11.5 Å². The van der Waals surface area contributed by atoms with Crippen LogP contribution >= 0.6 is 11.6 Å². The highest BCUT2D eigenvalue weighted by molar-refractivity contribution is 6.30. The van der Waals surface area contributed by atoms with Crippen molar-refractivity contribution in [3.63, 3.8) is 0 Å². The van der Waals surface area contributed by atoms with Crippen LogP contribution in [0.5, 0.6) is 17.2 Å². The van der Waals surface area contributed by atoms with Crippen molar-refractivity contribution in [1.82, 2.24) is 10.2 Å². The second kappa shape index (κ2) is 13.5. The summed E-state index contributed by atoms with van der Waals surface area (Å²) in [6.07, 6.45) is 2.91. The summed E-state index contributed by atoms with van der Waals surface area (Å²) < 4.78 is 16.2. The van der Waals surface area contributed by atoms with Crippen LogP contribution < -0.4 is 19.5 Å². The molecule has 1 amide bonds. The van der Waals surface area contributed by atoms with E-state index in [4.69, 9.17) is 25.8 Å². The zero-order valence-electron chi connectivity index (χ0n) is 22.4. The number of benzene rings is 3. The van der Waals surface area contributed by atoms with Crippen molar-refractivity contribution in [3.05, 3.63) is 88.4 Å². The SMILES string of the molecule is COc1ccc([C@H]2CN(CCc3ccc(OC)c(OC)c3)C[C@@H]2CCCNC(=O)c2cccc(Cl)c2)cc1. The summed E-state index contributed by atoms with van der Waals surface area (Å²) >= 11 is 6.03. The number of methoxy groups -OCH3 is 3. The predicted molar refractivity (Wildman–Crippen MR) is 152 cm³/mol. The molecule has 0 spiro atoms. The molecule has 0 aromatic heterocycles. The number of amides is 1. The van der Waals surface area contributed by atoms with E-state index in [1.165, 1.54) is 11.1 Å². The van der Waals surface area contributed by atoms with Gasteiger partial charge < -0.3 is 24.4 Å². The van der Waals surface area contributed by atoms with Crippen LogP contribution in [-0.2, 0) is 6.42 Å². The number of likely N-dealkylation sites (tertiary alicyclic amines) is 1. The van der Waals surface area contributed by atoms with E-state index in [0.29, 0.717) is 29.0 Å². The number of carbonyl (C=O) groups is 1. The van der Waals surface area contributed by atoms with Crippen LogP contribution in [0, 0.1) is 5.92 Å². The lowest BCUT2D eigenvalue weighted by molar-refractivity contribution is 0.0952. The minimum Gasteiger partial charge on any atom is -0.497 e. The minimum absolute atomic E-state index is 0.0813. The molecular formula is C31H37ClN2O4. The van der Waals surface area contributed by atoms with E-state index in [-0.39, 0.29) is 5.91 Å². The smallest absolute Gasteiger partial charge is 0.251 e. The number of hydrogen-bond donors (Lipinski definition) is 1. The maximum absolute atomic E-state index is 12.5. The molecule has 1 N–H and O–H groups in total. The van der Waals surface area contributed by atoms with Crippen molar-refractivity contribution < 1.29 is 19.0 Å². The normalized spacial score (nSPS) is 17.3. The summed E-state index contributed by atoms with van der Waals surface area (Å²) in [5, 5.41) is 3.62. The zero-order chi connectivity index (χ0) is 26.9. The molecule has 3 aromatic carbocycles. The van der Waals surface area contributed by atoms with Crippen LogP contribution in [0.25, 0.3) is 0 Å². The number of rotatable bonds is 12. The van der Waals surface area contributed by atoms with Crippen molar-refractivity contribution in [2.24, 2.45) is 5.92 Å². The van der Waals surface area contributed by atoms with E-state index in [9.17, 15) is 4.79 Å². The molecule has 38 heavy (non-hydrogen) atoms. The summed E-state index contributed by atoms with van der Waals surface area (Å²) in [4.78, 5) is 15.0. The van der Waals surface area contributed by atoms with Gasteiger partial charge in [0.05, 0.1) is 21.3 Å². The van der Waals surface area contributed by atoms with Gasteiger partial charge in [-0.3, -0.25) is 4.79 Å². The topological polar surface area (TPSA) is 60.0 Å². The van der Waals surface area contributed by atoms with Gasteiger partial charge in [0.2, 0.25) is 0 Å². The maximum atomic E-state index is 12.5. The molecule has 3 aromatic rings. The third kappa shape index (κ3) is 7.21. The first kappa shape index (κ1) is 27.8. The number of halogens is 1. The molecule has 6 nitrogen and oxygen atoms in total. The first-order chi connectivity index (χ1) is 18.5. The largest absolute Gasteiger partial charge is 0.497 e. The van der Waals surface area contributed by atoms with Crippen molar-refractivity contribution >= 4 is 17.5 Å². The Bertz CT molecular complexity index is 1200. The third-order valence-corrected chi connectivity index (χ3v) is 7.58. The molecule has 7 heteroatoms. The second-order valence-electron chi connectivity index (χ2n) is 9.75. The quantitative estimate of drug-likeness (QED) is 0.295. The van der Waals surface area contributed by atoms with E-state index in [2.05, 4.69) is 34.5 Å². The Morgan fingerprint density at radius 2 is 1.74 bits per heavy atom. The molecule has 1 aliphatic heterocycles. The lowest BCUT2D eigenvalue weighted by Crippen LogP contribution is -2.25. The highest BCUT2D eigenvalue weighted by Crippen LogP contribution is 2.36. The van der Waals surface area contributed by atoms with Gasteiger partial charge in [-0.15, -0.1) is 0 Å². The maximum Gasteiger partial charge on any atom is 0.251 e. The van der Waals surface area contributed by atoms with Crippen molar-refractivity contribution in [3.8, 4) is 17.2 Å². The molecule has 0 saturated carbocycles. The van der Waals surface area contributed by atoms with Gasteiger partial charge in [0.25, 0.3) is 5.91 Å². The summed E-state index contributed by atoms with van der Waals surface area (Å²) in [6, 6.07) is 21.7. The average molecular weight is 537 g/mol. The average Bonchev–Trinajstić information content (AvgIpc) is 3.36. The molecule has 0 aliphatic carbocycles. The number of nitrogens with zero attached hydrogens (tertiary/aromatic N) is 1. The van der Waals surface area contributed by atoms with E-state index in [0.717, 1.165) is 56.1 Å². The lowest BCUT2D eigenvalue weighted by Gasteiger charge is -2.19. The van der Waals surface area contributed by atoms with Gasteiger partial charge in [-0.1, -0.05) is 35.9 Å². The standard InChI is InChI=1S/C31H37ClN2O4/c1-36-27-12-10-23(11-13-27)28-21-34(17-15-22-9-14-29(37-2)30(18-22)38-3)20-25(28)7-5-16-33-31(35)24-6-4-8-26(32)19-24/h4,6,8-14,18-19,25,28H,5,7,15-17,20-21H2,1-3H3,(H,33,35)/t25-,28+/m0/s1. The van der Waals surface area contributed by atoms with E-state index < -0.39 is 0 Å². The molecule has 0 bridgehead atoms. The molecule has 1 saturated heterocycles. The first-order valence-electron chi connectivity index (χ1n) is 13.1. The van der Waals surface area contributed by atoms with Gasteiger partial charge in [-0.05, 0) is 78.8 Å². The molecule has 1 aliphatic rings. The molecular weight excluding hydrogens is 500 g/mol. The number of nitrogens with one attached hydrogen (secondary N) is 1. The Morgan fingerprint density at radius 1 is 0.947 bits per heavy atom. The molecule has 1 fully saturated rings. The summed E-state index contributed by atoms with van der Waals surface area (Å²) in [6.45, 7) is 3.67. The summed E-state index contributed by atoms with van der Waals surface area (Å²) in [7, 11) is 5.02. The molecule has 2 atom stereocenters. The summed E-state index contributed by atoms with van der Waals surface area (Å²) in [5.41, 5.74) is 3.17. The molecule has 202 valence electrons. The van der Waals surface area contributed by atoms with Crippen LogP contribution in [0.1, 0.15) is 40.2 Å². The van der Waals surface area contributed by atoms with Crippen LogP contribution in [0.4, 0.5) is 0 Å². The summed E-state index contributed by atoms with van der Waals surface area (Å²) in [5.74, 6) is 3.26. The first-order valence-corrected chi connectivity index (χ1v) is 13.5. The van der Waals surface area contributed by atoms with Gasteiger partial charge in [0, 0.05) is 42.7 Å².